The molecule has 1 aromatic carbocycles. The number of carbonyl (C=O) groups excluding carboxylic acids is 2. The topological polar surface area (TPSA) is 133 Å². The molecule has 5 aromatic rings. The SMILES string of the molecule is CCC(=O)Nc1cncc(-c2cnc3n[nH]c(-c4nc5c(C(=O)N6CCCC6)cccc5[nH]4)c3c2)c1. The van der Waals surface area contributed by atoms with E-state index in [2.05, 4.69) is 30.5 Å². The molecule has 180 valence electrons. The number of aromatic nitrogens is 6. The van der Waals surface area contributed by atoms with Gasteiger partial charge in [0.1, 0.15) is 11.2 Å². The van der Waals surface area contributed by atoms with Gasteiger partial charge in [-0.1, -0.05) is 13.0 Å². The first-order valence-electron chi connectivity index (χ1n) is 12.0. The zero-order valence-electron chi connectivity index (χ0n) is 19.7. The van der Waals surface area contributed by atoms with Crippen LogP contribution >= 0.6 is 0 Å². The Kier molecular flexibility index (Phi) is 5.40. The van der Waals surface area contributed by atoms with Crippen molar-refractivity contribution >= 4 is 39.6 Å². The molecule has 5 heterocycles. The molecule has 0 saturated carbocycles. The normalized spacial score (nSPS) is 13.5. The van der Waals surface area contributed by atoms with Gasteiger partial charge in [0.25, 0.3) is 5.91 Å². The van der Waals surface area contributed by atoms with E-state index in [4.69, 9.17) is 4.98 Å². The first-order valence-corrected chi connectivity index (χ1v) is 12.0. The summed E-state index contributed by atoms with van der Waals surface area (Å²) in [5.41, 5.74) is 5.51. The van der Waals surface area contributed by atoms with Gasteiger partial charge in [-0.15, -0.1) is 0 Å². The minimum Gasteiger partial charge on any atom is -0.339 e. The fourth-order valence-electron chi connectivity index (χ4n) is 4.57. The Bertz CT molecular complexity index is 1610. The summed E-state index contributed by atoms with van der Waals surface area (Å²) in [6.45, 7) is 3.36. The molecule has 1 aliphatic rings. The molecule has 0 spiro atoms. The molecule has 0 aliphatic carbocycles. The number of rotatable bonds is 5. The number of pyridine rings is 2. The van der Waals surface area contributed by atoms with Gasteiger partial charge in [-0.2, -0.15) is 5.10 Å². The van der Waals surface area contributed by atoms with Crippen molar-refractivity contribution in [2.45, 2.75) is 26.2 Å². The molecule has 3 N–H and O–H groups in total. The smallest absolute Gasteiger partial charge is 0.256 e. The van der Waals surface area contributed by atoms with E-state index in [1.54, 1.807) is 25.5 Å². The standard InChI is InChI=1S/C26H24N8O2/c1-2-21(35)29-17-10-15(12-27-14-17)16-11-19-23(32-33-24(19)28-13-16)25-30-20-7-5-6-18(22(20)31-25)26(36)34-8-3-4-9-34/h5-7,10-14H,2-4,8-9H2,1H3,(H,29,35)(H,30,31)(H,28,32,33). The minimum atomic E-state index is -0.0767. The van der Waals surface area contributed by atoms with Crippen molar-refractivity contribution in [1.82, 2.24) is 35.0 Å². The number of benzene rings is 1. The second kappa shape index (κ2) is 8.88. The molecule has 0 bridgehead atoms. The number of amides is 2. The quantitative estimate of drug-likeness (QED) is 0.346. The van der Waals surface area contributed by atoms with Crippen LogP contribution in [0.1, 0.15) is 36.5 Å². The summed E-state index contributed by atoms with van der Waals surface area (Å²) < 4.78 is 0. The minimum absolute atomic E-state index is 0.0112. The number of nitrogens with zero attached hydrogens (tertiary/aromatic N) is 5. The maximum absolute atomic E-state index is 13.1. The molecule has 1 aliphatic heterocycles. The number of hydrogen-bond donors (Lipinski definition) is 3. The van der Waals surface area contributed by atoms with Crippen LogP contribution in [0, 0.1) is 0 Å². The van der Waals surface area contributed by atoms with Crippen LogP contribution in [0.5, 0.6) is 0 Å². The van der Waals surface area contributed by atoms with Gasteiger partial charge in [0.2, 0.25) is 5.91 Å². The maximum Gasteiger partial charge on any atom is 0.256 e. The van der Waals surface area contributed by atoms with Gasteiger partial charge in [-0.3, -0.25) is 19.7 Å². The highest BCUT2D eigenvalue weighted by Crippen LogP contribution is 2.30. The summed E-state index contributed by atoms with van der Waals surface area (Å²) in [4.78, 5) is 43.7. The Morgan fingerprint density at radius 3 is 2.75 bits per heavy atom. The van der Waals surface area contributed by atoms with Gasteiger partial charge < -0.3 is 15.2 Å². The molecule has 36 heavy (non-hydrogen) atoms. The second-order valence-corrected chi connectivity index (χ2v) is 8.84. The summed E-state index contributed by atoms with van der Waals surface area (Å²) in [7, 11) is 0. The molecule has 4 aromatic heterocycles. The fraction of sp³-hybridized carbons (Fsp3) is 0.231. The Hall–Kier alpha value is -4.60. The lowest BCUT2D eigenvalue weighted by Crippen LogP contribution is -2.27. The summed E-state index contributed by atoms with van der Waals surface area (Å²) in [5, 5.41) is 11.0. The lowest BCUT2D eigenvalue weighted by molar-refractivity contribution is -0.115. The van der Waals surface area contributed by atoms with E-state index in [9.17, 15) is 9.59 Å². The molecule has 1 fully saturated rings. The molecule has 6 rings (SSSR count). The number of aromatic amines is 2. The fourth-order valence-corrected chi connectivity index (χ4v) is 4.57. The van der Waals surface area contributed by atoms with E-state index < -0.39 is 0 Å². The van der Waals surface area contributed by atoms with Crippen LogP contribution in [0.15, 0.2) is 48.9 Å². The molecule has 10 nitrogen and oxygen atoms in total. The molecule has 0 unspecified atom stereocenters. The van der Waals surface area contributed by atoms with Gasteiger partial charge in [0.05, 0.1) is 28.4 Å². The van der Waals surface area contributed by atoms with Crippen molar-refractivity contribution in [3.05, 3.63) is 54.5 Å². The molecule has 1 saturated heterocycles. The van der Waals surface area contributed by atoms with E-state index in [1.807, 2.05) is 35.2 Å². The average molecular weight is 481 g/mol. The highest BCUT2D eigenvalue weighted by molar-refractivity contribution is 6.06. The third kappa shape index (κ3) is 3.86. The maximum atomic E-state index is 13.1. The molecule has 0 radical (unpaired) electrons. The molecule has 10 heteroatoms. The Morgan fingerprint density at radius 1 is 1.08 bits per heavy atom. The van der Waals surface area contributed by atoms with Gasteiger partial charge in [-0.05, 0) is 37.1 Å². The van der Waals surface area contributed by atoms with Crippen LogP contribution in [0.4, 0.5) is 5.69 Å². The Labute approximate surface area is 206 Å². The number of nitrogens with one attached hydrogen (secondary N) is 3. The highest BCUT2D eigenvalue weighted by atomic mass is 16.2. The van der Waals surface area contributed by atoms with E-state index in [0.29, 0.717) is 40.4 Å². The number of fused-ring (bicyclic) bond motifs is 2. The van der Waals surface area contributed by atoms with Gasteiger partial charge in [0, 0.05) is 43.0 Å². The first kappa shape index (κ1) is 21.9. The van der Waals surface area contributed by atoms with Crippen LogP contribution < -0.4 is 5.32 Å². The third-order valence-electron chi connectivity index (χ3n) is 6.46. The van der Waals surface area contributed by atoms with E-state index in [0.717, 1.165) is 48.0 Å². The van der Waals surface area contributed by atoms with Crippen LogP contribution in [-0.2, 0) is 4.79 Å². The second-order valence-electron chi connectivity index (χ2n) is 8.84. The van der Waals surface area contributed by atoms with E-state index in [1.165, 1.54) is 0 Å². The predicted octanol–water partition coefficient (Wildman–Crippen LogP) is 4.15. The number of para-hydroxylation sites is 1. The van der Waals surface area contributed by atoms with Crippen molar-refractivity contribution < 1.29 is 9.59 Å². The monoisotopic (exact) mass is 480 g/mol. The van der Waals surface area contributed by atoms with Gasteiger partial charge in [-0.25, -0.2) is 9.97 Å². The predicted molar refractivity (Wildman–Crippen MR) is 136 cm³/mol. The third-order valence-corrected chi connectivity index (χ3v) is 6.46. The van der Waals surface area contributed by atoms with E-state index in [-0.39, 0.29) is 11.8 Å². The Balaban J connectivity index is 1.39. The Morgan fingerprint density at radius 2 is 1.92 bits per heavy atom. The summed E-state index contributed by atoms with van der Waals surface area (Å²) in [5.74, 6) is 0.513. The lowest BCUT2D eigenvalue weighted by atomic mass is 10.1. The van der Waals surface area contributed by atoms with Crippen LogP contribution in [0.25, 0.3) is 44.7 Å². The number of likely N-dealkylation sites (tertiary alicyclic amines) is 1. The lowest BCUT2D eigenvalue weighted by Gasteiger charge is -2.15. The van der Waals surface area contributed by atoms with Crippen LogP contribution in [0.2, 0.25) is 0 Å². The number of anilines is 1. The van der Waals surface area contributed by atoms with Crippen LogP contribution in [-0.4, -0.2) is 59.9 Å². The molecular weight excluding hydrogens is 456 g/mol. The van der Waals surface area contributed by atoms with E-state index >= 15 is 0 Å². The zero-order chi connectivity index (χ0) is 24.6. The molecular formula is C26H24N8O2. The molecule has 0 atom stereocenters. The van der Waals surface area contributed by atoms with Crippen molar-refractivity contribution in [3.8, 4) is 22.6 Å². The molecule has 2 amide bonds. The van der Waals surface area contributed by atoms with Crippen molar-refractivity contribution in [2.24, 2.45) is 0 Å². The largest absolute Gasteiger partial charge is 0.339 e. The van der Waals surface area contributed by atoms with Gasteiger partial charge in [0.15, 0.2) is 11.5 Å². The van der Waals surface area contributed by atoms with Gasteiger partial charge >= 0.3 is 0 Å². The summed E-state index contributed by atoms with van der Waals surface area (Å²) >= 11 is 0. The number of carbonyl (C=O) groups is 2. The van der Waals surface area contributed by atoms with Crippen molar-refractivity contribution in [2.75, 3.05) is 18.4 Å². The average Bonchev–Trinajstić information content (AvgIpc) is 3.67. The zero-order valence-corrected chi connectivity index (χ0v) is 19.7. The first-order chi connectivity index (χ1) is 17.6. The number of hydrogen-bond acceptors (Lipinski definition) is 6. The number of imidazole rings is 1. The summed E-state index contributed by atoms with van der Waals surface area (Å²) in [6, 6.07) is 9.44. The highest BCUT2D eigenvalue weighted by Gasteiger charge is 2.23. The van der Waals surface area contributed by atoms with Crippen molar-refractivity contribution in [1.29, 1.82) is 0 Å². The number of H-pyrrole nitrogens is 2. The van der Waals surface area contributed by atoms with Crippen LogP contribution in [0.3, 0.4) is 0 Å². The summed E-state index contributed by atoms with van der Waals surface area (Å²) in [6.07, 6.45) is 7.52. The van der Waals surface area contributed by atoms with Crippen molar-refractivity contribution in [3.63, 3.8) is 0 Å².